The number of hydrogen-bond donors (Lipinski definition) is 2. The second-order valence-electron chi connectivity index (χ2n) is 4.35. The lowest BCUT2D eigenvalue weighted by atomic mass is 9.97. The maximum Gasteiger partial charge on any atom is 0.0340 e. The Morgan fingerprint density at radius 3 is 2.47 bits per heavy atom. The zero-order valence-corrected chi connectivity index (χ0v) is 10.2. The molecule has 0 amide bonds. The second-order valence-corrected chi connectivity index (χ2v) is 4.35. The van der Waals surface area contributed by atoms with Crippen molar-refractivity contribution >= 4 is 5.69 Å². The molecule has 15 heavy (non-hydrogen) atoms. The van der Waals surface area contributed by atoms with Gasteiger partial charge in [0.15, 0.2) is 0 Å². The molecule has 0 aromatic heterocycles. The SMILES string of the molecule is CNc1cccc(C(CC(C)C)NC)c1. The van der Waals surface area contributed by atoms with Gasteiger partial charge in [-0.3, -0.25) is 0 Å². The third-order valence-corrected chi connectivity index (χ3v) is 2.63. The van der Waals surface area contributed by atoms with Crippen LogP contribution in [0.2, 0.25) is 0 Å². The Morgan fingerprint density at radius 2 is 1.93 bits per heavy atom. The largest absolute Gasteiger partial charge is 0.388 e. The average Bonchev–Trinajstić information content (AvgIpc) is 2.25. The molecule has 1 unspecified atom stereocenters. The van der Waals surface area contributed by atoms with Gasteiger partial charge in [-0.2, -0.15) is 0 Å². The number of rotatable bonds is 5. The van der Waals surface area contributed by atoms with E-state index in [-0.39, 0.29) is 0 Å². The van der Waals surface area contributed by atoms with Crippen molar-refractivity contribution in [2.45, 2.75) is 26.3 Å². The molecule has 1 aromatic rings. The van der Waals surface area contributed by atoms with E-state index in [0.717, 1.165) is 0 Å². The van der Waals surface area contributed by atoms with E-state index in [4.69, 9.17) is 0 Å². The highest BCUT2D eigenvalue weighted by Gasteiger charge is 2.10. The first-order valence-electron chi connectivity index (χ1n) is 5.62. The molecule has 0 heterocycles. The van der Waals surface area contributed by atoms with Crippen molar-refractivity contribution in [1.82, 2.24) is 5.32 Å². The number of hydrogen-bond acceptors (Lipinski definition) is 2. The molecule has 0 radical (unpaired) electrons. The minimum Gasteiger partial charge on any atom is -0.388 e. The van der Waals surface area contributed by atoms with Crippen LogP contribution >= 0.6 is 0 Å². The van der Waals surface area contributed by atoms with Crippen LogP contribution in [0.4, 0.5) is 5.69 Å². The molecule has 1 aromatic carbocycles. The summed E-state index contributed by atoms with van der Waals surface area (Å²) in [5.41, 5.74) is 2.54. The Bertz CT molecular complexity index is 294. The van der Waals surface area contributed by atoms with E-state index in [1.807, 2.05) is 14.1 Å². The van der Waals surface area contributed by atoms with Gasteiger partial charge in [-0.05, 0) is 37.1 Å². The predicted molar refractivity (Wildman–Crippen MR) is 67.2 cm³/mol. The number of benzene rings is 1. The summed E-state index contributed by atoms with van der Waals surface area (Å²) in [4.78, 5) is 0. The Kier molecular flexibility index (Phi) is 4.63. The van der Waals surface area contributed by atoms with Crippen molar-refractivity contribution in [3.63, 3.8) is 0 Å². The van der Waals surface area contributed by atoms with Crippen LogP contribution in [0.1, 0.15) is 31.9 Å². The fraction of sp³-hybridized carbons (Fsp3) is 0.538. The van der Waals surface area contributed by atoms with Gasteiger partial charge < -0.3 is 10.6 Å². The zero-order valence-electron chi connectivity index (χ0n) is 10.2. The Morgan fingerprint density at radius 1 is 1.20 bits per heavy atom. The maximum atomic E-state index is 3.37. The van der Waals surface area contributed by atoms with Crippen LogP contribution in [0.5, 0.6) is 0 Å². The minimum atomic E-state index is 0.457. The van der Waals surface area contributed by atoms with Crippen LogP contribution in [-0.4, -0.2) is 14.1 Å². The lowest BCUT2D eigenvalue weighted by Gasteiger charge is -2.19. The highest BCUT2D eigenvalue weighted by Crippen LogP contribution is 2.22. The van der Waals surface area contributed by atoms with E-state index >= 15 is 0 Å². The summed E-state index contributed by atoms with van der Waals surface area (Å²) in [6.45, 7) is 4.51. The average molecular weight is 206 g/mol. The van der Waals surface area contributed by atoms with Gasteiger partial charge in [0.25, 0.3) is 0 Å². The summed E-state index contributed by atoms with van der Waals surface area (Å²) in [5, 5.41) is 6.55. The lowest BCUT2D eigenvalue weighted by molar-refractivity contribution is 0.457. The van der Waals surface area contributed by atoms with Crippen molar-refractivity contribution in [1.29, 1.82) is 0 Å². The van der Waals surface area contributed by atoms with E-state index < -0.39 is 0 Å². The van der Waals surface area contributed by atoms with Crippen molar-refractivity contribution in [2.75, 3.05) is 19.4 Å². The molecule has 0 aliphatic carbocycles. The zero-order chi connectivity index (χ0) is 11.3. The van der Waals surface area contributed by atoms with E-state index in [0.29, 0.717) is 12.0 Å². The summed E-state index contributed by atoms with van der Waals surface area (Å²) in [6, 6.07) is 9.05. The molecule has 0 aliphatic heterocycles. The van der Waals surface area contributed by atoms with Crippen molar-refractivity contribution in [3.05, 3.63) is 29.8 Å². The van der Waals surface area contributed by atoms with E-state index in [1.165, 1.54) is 17.7 Å². The Hall–Kier alpha value is -1.02. The van der Waals surface area contributed by atoms with Crippen molar-refractivity contribution < 1.29 is 0 Å². The van der Waals surface area contributed by atoms with Crippen molar-refractivity contribution in [3.8, 4) is 0 Å². The summed E-state index contributed by atoms with van der Waals surface area (Å²) in [6.07, 6.45) is 1.17. The first kappa shape index (κ1) is 12.1. The van der Waals surface area contributed by atoms with Gasteiger partial charge >= 0.3 is 0 Å². The molecule has 0 bridgehead atoms. The van der Waals surface area contributed by atoms with Crippen LogP contribution < -0.4 is 10.6 Å². The van der Waals surface area contributed by atoms with Gasteiger partial charge in [0.2, 0.25) is 0 Å². The fourth-order valence-corrected chi connectivity index (χ4v) is 1.80. The molecule has 2 heteroatoms. The molecular formula is C13H22N2. The summed E-state index contributed by atoms with van der Waals surface area (Å²) in [5.74, 6) is 0.709. The van der Waals surface area contributed by atoms with Gasteiger partial charge in [0, 0.05) is 18.8 Å². The van der Waals surface area contributed by atoms with Gasteiger partial charge in [0.05, 0.1) is 0 Å². The molecule has 84 valence electrons. The van der Waals surface area contributed by atoms with Gasteiger partial charge in [-0.15, -0.1) is 0 Å². The topological polar surface area (TPSA) is 24.1 Å². The lowest BCUT2D eigenvalue weighted by Crippen LogP contribution is -2.18. The third-order valence-electron chi connectivity index (χ3n) is 2.63. The molecule has 0 saturated heterocycles. The molecule has 0 saturated carbocycles. The normalized spacial score (nSPS) is 12.9. The van der Waals surface area contributed by atoms with Gasteiger partial charge in [-0.25, -0.2) is 0 Å². The Labute approximate surface area is 93.1 Å². The van der Waals surface area contributed by atoms with Crippen LogP contribution in [0.3, 0.4) is 0 Å². The highest BCUT2D eigenvalue weighted by molar-refractivity contribution is 5.45. The maximum absolute atomic E-state index is 3.37. The first-order valence-corrected chi connectivity index (χ1v) is 5.62. The fourth-order valence-electron chi connectivity index (χ4n) is 1.80. The van der Waals surface area contributed by atoms with Gasteiger partial charge in [-0.1, -0.05) is 26.0 Å². The molecule has 2 N–H and O–H groups in total. The predicted octanol–water partition coefficient (Wildman–Crippen LogP) is 3.03. The van der Waals surface area contributed by atoms with Crippen LogP contribution in [0.15, 0.2) is 24.3 Å². The summed E-state index contributed by atoms with van der Waals surface area (Å²) in [7, 11) is 3.98. The van der Waals surface area contributed by atoms with Crippen LogP contribution in [-0.2, 0) is 0 Å². The quantitative estimate of drug-likeness (QED) is 0.773. The molecule has 0 aliphatic rings. The number of nitrogens with one attached hydrogen (secondary N) is 2. The van der Waals surface area contributed by atoms with Gasteiger partial charge in [0.1, 0.15) is 0 Å². The molecular weight excluding hydrogens is 184 g/mol. The summed E-state index contributed by atoms with van der Waals surface area (Å²) < 4.78 is 0. The van der Waals surface area contributed by atoms with Crippen LogP contribution in [0.25, 0.3) is 0 Å². The standard InChI is InChI=1S/C13H22N2/c1-10(2)8-13(15-4)11-6-5-7-12(9-11)14-3/h5-7,9-10,13-15H,8H2,1-4H3. The smallest absolute Gasteiger partial charge is 0.0340 e. The molecule has 0 spiro atoms. The van der Waals surface area contributed by atoms with Crippen molar-refractivity contribution in [2.24, 2.45) is 5.92 Å². The number of anilines is 1. The Balaban J connectivity index is 2.81. The molecule has 0 fully saturated rings. The summed E-state index contributed by atoms with van der Waals surface area (Å²) >= 11 is 0. The second kappa shape index (κ2) is 5.76. The first-order chi connectivity index (χ1) is 7.17. The van der Waals surface area contributed by atoms with E-state index in [2.05, 4.69) is 48.7 Å². The third kappa shape index (κ3) is 3.56. The highest BCUT2D eigenvalue weighted by atomic mass is 14.9. The van der Waals surface area contributed by atoms with E-state index in [1.54, 1.807) is 0 Å². The monoisotopic (exact) mass is 206 g/mol. The minimum absolute atomic E-state index is 0.457. The van der Waals surface area contributed by atoms with E-state index in [9.17, 15) is 0 Å². The van der Waals surface area contributed by atoms with Crippen LogP contribution in [0, 0.1) is 5.92 Å². The molecule has 1 rings (SSSR count). The molecule has 2 nitrogen and oxygen atoms in total. The molecule has 1 atom stereocenters.